The van der Waals surface area contributed by atoms with Gasteiger partial charge in [0.25, 0.3) is 0 Å². The molecule has 0 radical (unpaired) electrons. The zero-order valence-corrected chi connectivity index (χ0v) is 18.7. The molecule has 0 saturated carbocycles. The van der Waals surface area contributed by atoms with Gasteiger partial charge >= 0.3 is 5.97 Å². The number of primary amides is 1. The third kappa shape index (κ3) is 3.94. The molecule has 0 bridgehead atoms. The van der Waals surface area contributed by atoms with E-state index in [9.17, 15) is 23.9 Å². The molecule has 1 aliphatic heterocycles. The molecule has 2 heterocycles. The summed E-state index contributed by atoms with van der Waals surface area (Å²) in [4.78, 5) is 38.7. The number of nitrogens with two attached hydrogens (primary N) is 1. The van der Waals surface area contributed by atoms with Crippen LogP contribution >= 0.6 is 0 Å². The monoisotopic (exact) mass is 463 g/mol. The lowest BCUT2D eigenvalue weighted by Gasteiger charge is -2.31. The third-order valence-corrected chi connectivity index (χ3v) is 6.01. The predicted octanol–water partition coefficient (Wildman–Crippen LogP) is 2.83. The first-order valence-corrected chi connectivity index (χ1v) is 10.4. The maximum atomic E-state index is 13.4. The van der Waals surface area contributed by atoms with Gasteiger partial charge in [0.1, 0.15) is 11.6 Å². The molecule has 174 valence electrons. The first-order chi connectivity index (χ1) is 16.1. The third-order valence-electron chi connectivity index (χ3n) is 6.01. The second-order valence-corrected chi connectivity index (χ2v) is 8.14. The number of nitrogens with zero attached hydrogens (tertiary/aromatic N) is 4. The van der Waals surface area contributed by atoms with Crippen LogP contribution in [0, 0.1) is 19.7 Å². The average molecular weight is 463 g/mol. The van der Waals surface area contributed by atoms with E-state index in [0.717, 1.165) is 0 Å². The number of carboxylic acid groups (broad SMARTS) is 1. The summed E-state index contributed by atoms with van der Waals surface area (Å²) in [6.07, 6.45) is 1.13. The molecule has 3 aromatic rings. The molecule has 1 aromatic heterocycles. The van der Waals surface area contributed by atoms with Crippen molar-refractivity contribution in [3.63, 3.8) is 0 Å². The molecule has 0 saturated heterocycles. The van der Waals surface area contributed by atoms with E-state index in [0.29, 0.717) is 34.0 Å². The summed E-state index contributed by atoms with van der Waals surface area (Å²) in [5.74, 6) is -2.43. The van der Waals surface area contributed by atoms with Crippen molar-refractivity contribution in [2.24, 2.45) is 12.8 Å². The zero-order chi connectivity index (χ0) is 24.7. The largest absolute Gasteiger partial charge is 0.478 e. The van der Waals surface area contributed by atoms with E-state index in [1.807, 2.05) is 0 Å². The van der Waals surface area contributed by atoms with Gasteiger partial charge < -0.3 is 15.4 Å². The van der Waals surface area contributed by atoms with Crippen molar-refractivity contribution in [1.82, 2.24) is 14.8 Å². The molecule has 9 nitrogen and oxygen atoms in total. The minimum atomic E-state index is -1.20. The van der Waals surface area contributed by atoms with Crippen molar-refractivity contribution in [3.8, 4) is 11.4 Å². The number of halogens is 1. The quantitative estimate of drug-likeness (QED) is 0.598. The lowest BCUT2D eigenvalue weighted by molar-refractivity contribution is -0.133. The van der Waals surface area contributed by atoms with Crippen molar-refractivity contribution in [3.05, 3.63) is 76.5 Å². The molecule has 34 heavy (non-hydrogen) atoms. The summed E-state index contributed by atoms with van der Waals surface area (Å²) in [5.41, 5.74) is 7.54. The SMILES string of the molecule is Cc1cc(N2C=C(C(=O)O)[C@H](c3ccc(F)cc3)CC2=O)c(-c2nnc(C)n2C)cc1C(N)=O. The molecule has 0 fully saturated rings. The van der Waals surface area contributed by atoms with E-state index in [4.69, 9.17) is 5.73 Å². The van der Waals surface area contributed by atoms with Crippen LogP contribution in [0.3, 0.4) is 0 Å². The Morgan fingerprint density at radius 1 is 1.15 bits per heavy atom. The van der Waals surface area contributed by atoms with Crippen molar-refractivity contribution in [2.75, 3.05) is 4.90 Å². The van der Waals surface area contributed by atoms with Crippen LogP contribution in [0.15, 0.2) is 48.2 Å². The molecule has 2 aromatic carbocycles. The van der Waals surface area contributed by atoms with Crippen LogP contribution in [-0.4, -0.2) is 37.7 Å². The summed E-state index contributed by atoms with van der Waals surface area (Å²) in [7, 11) is 1.74. The number of aliphatic carboxylic acids is 1. The van der Waals surface area contributed by atoms with Crippen LogP contribution in [0.4, 0.5) is 10.1 Å². The minimum absolute atomic E-state index is 0.0251. The summed E-state index contributed by atoms with van der Waals surface area (Å²) in [5, 5.41) is 18.1. The minimum Gasteiger partial charge on any atom is -0.478 e. The molecule has 0 spiro atoms. The number of anilines is 1. The molecule has 3 N–H and O–H groups in total. The second kappa shape index (κ2) is 8.54. The Kier molecular flexibility index (Phi) is 5.74. The van der Waals surface area contributed by atoms with E-state index in [1.54, 1.807) is 31.5 Å². The van der Waals surface area contributed by atoms with Gasteiger partial charge in [0.15, 0.2) is 5.82 Å². The Hall–Kier alpha value is -4.34. The summed E-state index contributed by atoms with van der Waals surface area (Å²) >= 11 is 0. The van der Waals surface area contributed by atoms with E-state index in [2.05, 4.69) is 10.2 Å². The predicted molar refractivity (Wildman–Crippen MR) is 121 cm³/mol. The van der Waals surface area contributed by atoms with Crippen LogP contribution in [-0.2, 0) is 16.6 Å². The molecule has 0 aliphatic carbocycles. The van der Waals surface area contributed by atoms with Gasteiger partial charge in [-0.3, -0.25) is 14.5 Å². The Bertz CT molecular complexity index is 1360. The molecule has 4 rings (SSSR count). The number of rotatable bonds is 5. The number of benzene rings is 2. The molecule has 10 heteroatoms. The average Bonchev–Trinajstić information content (AvgIpc) is 3.11. The van der Waals surface area contributed by atoms with Crippen LogP contribution in [0.2, 0.25) is 0 Å². The first kappa shape index (κ1) is 22.8. The Morgan fingerprint density at radius 2 is 1.82 bits per heavy atom. The van der Waals surface area contributed by atoms with E-state index in [1.165, 1.54) is 41.4 Å². The summed E-state index contributed by atoms with van der Waals surface area (Å²) < 4.78 is 15.1. The van der Waals surface area contributed by atoms with Gasteiger partial charge in [0.2, 0.25) is 11.8 Å². The van der Waals surface area contributed by atoms with Crippen molar-refractivity contribution < 1.29 is 23.9 Å². The zero-order valence-electron chi connectivity index (χ0n) is 18.7. The van der Waals surface area contributed by atoms with Gasteiger partial charge in [-0.2, -0.15) is 0 Å². The van der Waals surface area contributed by atoms with Gasteiger partial charge in [0.05, 0.1) is 11.3 Å². The number of aryl methyl sites for hydroxylation is 2. The van der Waals surface area contributed by atoms with Gasteiger partial charge in [-0.05, 0) is 49.2 Å². The van der Waals surface area contributed by atoms with Crippen molar-refractivity contribution >= 4 is 23.5 Å². The lowest BCUT2D eigenvalue weighted by atomic mass is 9.85. The highest BCUT2D eigenvalue weighted by Gasteiger charge is 2.35. The Morgan fingerprint density at radius 3 is 2.38 bits per heavy atom. The van der Waals surface area contributed by atoms with Gasteiger partial charge in [-0.15, -0.1) is 10.2 Å². The van der Waals surface area contributed by atoms with Crippen LogP contribution in [0.1, 0.15) is 39.6 Å². The van der Waals surface area contributed by atoms with E-state index >= 15 is 0 Å². The number of carbonyl (C=O) groups excluding carboxylic acids is 2. The smallest absolute Gasteiger partial charge is 0.333 e. The van der Waals surface area contributed by atoms with Crippen molar-refractivity contribution in [1.29, 1.82) is 0 Å². The molecular formula is C24H22FN5O4. The summed E-state index contributed by atoms with van der Waals surface area (Å²) in [6.45, 7) is 3.42. The highest BCUT2D eigenvalue weighted by molar-refractivity contribution is 6.06. The van der Waals surface area contributed by atoms with E-state index < -0.39 is 23.6 Å². The molecule has 1 atom stereocenters. The van der Waals surface area contributed by atoms with Crippen molar-refractivity contribution in [2.45, 2.75) is 26.2 Å². The molecule has 0 unspecified atom stereocenters. The molecule has 2 amide bonds. The van der Waals surface area contributed by atoms with Crippen LogP contribution in [0.25, 0.3) is 11.4 Å². The van der Waals surface area contributed by atoms with Gasteiger partial charge in [0, 0.05) is 36.7 Å². The highest BCUT2D eigenvalue weighted by Crippen LogP contribution is 2.39. The maximum Gasteiger partial charge on any atom is 0.333 e. The fraction of sp³-hybridized carbons (Fsp3) is 0.208. The van der Waals surface area contributed by atoms with Crippen LogP contribution in [0.5, 0.6) is 0 Å². The number of carbonyl (C=O) groups is 3. The number of hydrogen-bond acceptors (Lipinski definition) is 5. The first-order valence-electron chi connectivity index (χ1n) is 10.4. The fourth-order valence-electron chi connectivity index (χ4n) is 4.06. The van der Waals surface area contributed by atoms with Gasteiger partial charge in [-0.25, -0.2) is 9.18 Å². The maximum absolute atomic E-state index is 13.4. The van der Waals surface area contributed by atoms with E-state index in [-0.39, 0.29) is 23.5 Å². The number of hydrogen-bond donors (Lipinski definition) is 2. The number of amides is 2. The van der Waals surface area contributed by atoms with Gasteiger partial charge in [-0.1, -0.05) is 12.1 Å². The molecule has 1 aliphatic rings. The van der Waals surface area contributed by atoms with Crippen LogP contribution < -0.4 is 10.6 Å². The summed E-state index contributed by atoms with van der Waals surface area (Å²) in [6, 6.07) is 8.53. The normalized spacial score (nSPS) is 15.9. The lowest BCUT2D eigenvalue weighted by Crippen LogP contribution is -2.35. The standard InChI is InChI=1S/C24H22FN5O4/c1-12-8-20(18(9-16(12)22(26)32)23-28-27-13(2)29(23)3)30-11-19(24(33)34)17(10-21(30)31)14-4-6-15(25)7-5-14/h4-9,11,17H,10H2,1-3H3,(H2,26,32)(H,33,34)/t17-/m0/s1. The Labute approximate surface area is 194 Å². The second-order valence-electron chi connectivity index (χ2n) is 8.14. The Balaban J connectivity index is 1.91. The topological polar surface area (TPSA) is 131 Å². The molecular weight excluding hydrogens is 441 g/mol. The fourth-order valence-corrected chi connectivity index (χ4v) is 4.06. The number of carboxylic acids is 1. The highest BCUT2D eigenvalue weighted by atomic mass is 19.1. The number of aromatic nitrogens is 3.